The van der Waals surface area contributed by atoms with Crippen molar-refractivity contribution < 1.29 is 9.53 Å². The highest BCUT2D eigenvalue weighted by atomic mass is 79.9. The minimum atomic E-state index is -0.451. The predicted octanol–water partition coefficient (Wildman–Crippen LogP) is 7.62. The van der Waals surface area contributed by atoms with E-state index < -0.39 is 5.91 Å². The lowest BCUT2D eigenvalue weighted by atomic mass is 10.1. The fourth-order valence-corrected chi connectivity index (χ4v) is 4.77. The average molecular weight is 546 g/mol. The lowest BCUT2D eigenvalue weighted by Crippen LogP contribution is -2.27. The van der Waals surface area contributed by atoms with Gasteiger partial charge in [-0.05, 0) is 68.5 Å². The van der Waals surface area contributed by atoms with Crippen LogP contribution >= 0.6 is 27.5 Å². The first-order chi connectivity index (χ1) is 17.0. The van der Waals surface area contributed by atoms with Gasteiger partial charge in [0, 0.05) is 0 Å². The summed E-state index contributed by atoms with van der Waals surface area (Å²) in [6.07, 6.45) is 1.51. The van der Waals surface area contributed by atoms with Gasteiger partial charge >= 0.3 is 0 Å². The molecule has 4 nitrogen and oxygen atoms in total. The highest BCUT2D eigenvalue weighted by Crippen LogP contribution is 2.36. The molecule has 4 aromatic rings. The monoisotopic (exact) mass is 544 g/mol. The Morgan fingerprint density at radius 2 is 1.80 bits per heavy atom. The molecule has 0 aliphatic rings. The number of carbonyl (C=O) groups is 1. The van der Waals surface area contributed by atoms with E-state index in [9.17, 15) is 10.1 Å². The Balaban J connectivity index is 1.51. The van der Waals surface area contributed by atoms with Gasteiger partial charge in [0.05, 0.1) is 15.5 Å². The second-order valence-corrected chi connectivity index (χ2v) is 9.28. The highest BCUT2D eigenvalue weighted by Gasteiger charge is 2.15. The molecule has 0 heterocycles. The number of carbonyl (C=O) groups excluding carboxylic acids is 1. The van der Waals surface area contributed by atoms with E-state index in [1.807, 2.05) is 67.6 Å². The molecule has 0 aromatic heterocycles. The molecule has 1 amide bonds. The fourth-order valence-electron chi connectivity index (χ4n) is 3.78. The molecule has 174 valence electrons. The van der Waals surface area contributed by atoms with Crippen LogP contribution in [-0.4, -0.2) is 5.91 Å². The minimum Gasteiger partial charge on any atom is -0.486 e. The SMILES string of the molecule is C[C@H](NC(=O)/C(C#N)=C\c1cc(Cl)c(OCc2cccc3ccccc23)c(Br)c1)c1ccccc1. The van der Waals surface area contributed by atoms with Crippen molar-refractivity contribution in [3.05, 3.63) is 117 Å². The summed E-state index contributed by atoms with van der Waals surface area (Å²) in [5, 5.41) is 15.1. The molecular formula is C29H22BrClN2O2. The molecule has 0 saturated heterocycles. The molecule has 1 N–H and O–H groups in total. The largest absolute Gasteiger partial charge is 0.486 e. The maximum atomic E-state index is 12.7. The Morgan fingerprint density at radius 1 is 1.09 bits per heavy atom. The van der Waals surface area contributed by atoms with E-state index in [1.54, 1.807) is 12.1 Å². The molecule has 0 aliphatic heterocycles. The summed E-state index contributed by atoms with van der Waals surface area (Å²) in [6, 6.07) is 29.0. The summed E-state index contributed by atoms with van der Waals surface area (Å²) in [7, 11) is 0. The molecule has 6 heteroatoms. The van der Waals surface area contributed by atoms with Crippen LogP contribution in [0.4, 0.5) is 0 Å². The minimum absolute atomic E-state index is 0.0137. The smallest absolute Gasteiger partial charge is 0.262 e. The fraction of sp³-hybridized carbons (Fsp3) is 0.103. The molecule has 35 heavy (non-hydrogen) atoms. The third kappa shape index (κ3) is 5.92. The van der Waals surface area contributed by atoms with E-state index in [2.05, 4.69) is 39.4 Å². The Bertz CT molecular complexity index is 1420. The predicted molar refractivity (Wildman–Crippen MR) is 144 cm³/mol. The molecule has 1 atom stereocenters. The second kappa shape index (κ2) is 11.2. The van der Waals surface area contributed by atoms with Crippen molar-refractivity contribution in [3.63, 3.8) is 0 Å². The van der Waals surface area contributed by atoms with E-state index in [-0.39, 0.29) is 11.6 Å². The number of nitrogens with one attached hydrogen (secondary N) is 1. The summed E-state index contributed by atoms with van der Waals surface area (Å²) in [5.74, 6) is 0.0461. The first kappa shape index (κ1) is 24.5. The summed E-state index contributed by atoms with van der Waals surface area (Å²) in [6.45, 7) is 2.22. The summed E-state index contributed by atoms with van der Waals surface area (Å²) < 4.78 is 6.68. The number of nitrogens with zero attached hydrogens (tertiary/aromatic N) is 1. The van der Waals surface area contributed by atoms with Crippen molar-refractivity contribution in [3.8, 4) is 11.8 Å². The number of hydrogen-bond acceptors (Lipinski definition) is 3. The maximum absolute atomic E-state index is 12.7. The average Bonchev–Trinajstić information content (AvgIpc) is 2.87. The number of fused-ring (bicyclic) bond motifs is 1. The van der Waals surface area contributed by atoms with Crippen molar-refractivity contribution in [2.45, 2.75) is 19.6 Å². The molecule has 0 unspecified atom stereocenters. The molecule has 4 aromatic carbocycles. The van der Waals surface area contributed by atoms with Crippen LogP contribution in [-0.2, 0) is 11.4 Å². The Morgan fingerprint density at radius 3 is 2.54 bits per heavy atom. The number of amides is 1. The number of ether oxygens (including phenoxy) is 1. The van der Waals surface area contributed by atoms with Crippen LogP contribution in [0.5, 0.6) is 5.75 Å². The normalized spacial score (nSPS) is 12.1. The van der Waals surface area contributed by atoms with E-state index >= 15 is 0 Å². The third-order valence-electron chi connectivity index (χ3n) is 5.60. The summed E-state index contributed by atoms with van der Waals surface area (Å²) in [4.78, 5) is 12.7. The van der Waals surface area contributed by atoms with Crippen LogP contribution in [0.2, 0.25) is 5.02 Å². The van der Waals surface area contributed by atoms with Crippen molar-refractivity contribution in [1.82, 2.24) is 5.32 Å². The maximum Gasteiger partial charge on any atom is 0.262 e. The van der Waals surface area contributed by atoms with E-state index in [1.165, 1.54) is 6.08 Å². The summed E-state index contributed by atoms with van der Waals surface area (Å²) >= 11 is 10.0. The first-order valence-corrected chi connectivity index (χ1v) is 12.2. The Kier molecular flexibility index (Phi) is 7.87. The zero-order chi connectivity index (χ0) is 24.8. The highest BCUT2D eigenvalue weighted by molar-refractivity contribution is 9.10. The third-order valence-corrected chi connectivity index (χ3v) is 6.47. The van der Waals surface area contributed by atoms with Gasteiger partial charge in [-0.3, -0.25) is 4.79 Å². The van der Waals surface area contributed by atoms with Crippen molar-refractivity contribution in [2.75, 3.05) is 0 Å². The molecular weight excluding hydrogens is 524 g/mol. The molecule has 0 radical (unpaired) electrons. The van der Waals surface area contributed by atoms with Crippen LogP contribution in [0, 0.1) is 11.3 Å². The number of halogens is 2. The molecule has 0 fully saturated rings. The van der Waals surface area contributed by atoms with E-state index in [0.29, 0.717) is 27.4 Å². The molecule has 4 rings (SSSR count). The van der Waals surface area contributed by atoms with Crippen LogP contribution in [0.1, 0.15) is 29.7 Å². The van der Waals surface area contributed by atoms with Gasteiger partial charge in [0.1, 0.15) is 18.2 Å². The lowest BCUT2D eigenvalue weighted by Gasteiger charge is -2.14. The number of rotatable bonds is 7. The molecule has 0 spiro atoms. The van der Waals surface area contributed by atoms with Gasteiger partial charge in [-0.1, -0.05) is 84.4 Å². The molecule has 0 aliphatic carbocycles. The quantitative estimate of drug-likeness (QED) is 0.192. The van der Waals surface area contributed by atoms with Gasteiger partial charge in [-0.15, -0.1) is 0 Å². The Labute approximate surface area is 217 Å². The summed E-state index contributed by atoms with van der Waals surface area (Å²) in [5.41, 5.74) is 2.60. The van der Waals surface area contributed by atoms with Gasteiger partial charge in [0.15, 0.2) is 5.75 Å². The first-order valence-electron chi connectivity index (χ1n) is 11.0. The number of hydrogen-bond donors (Lipinski definition) is 1. The molecule has 0 bridgehead atoms. The zero-order valence-corrected chi connectivity index (χ0v) is 21.3. The van der Waals surface area contributed by atoms with E-state index in [0.717, 1.165) is 21.9 Å². The van der Waals surface area contributed by atoms with Crippen LogP contribution in [0.25, 0.3) is 16.8 Å². The van der Waals surface area contributed by atoms with Crippen LogP contribution in [0.15, 0.2) is 95.0 Å². The number of benzene rings is 4. The lowest BCUT2D eigenvalue weighted by molar-refractivity contribution is -0.117. The topological polar surface area (TPSA) is 62.1 Å². The molecule has 0 saturated carbocycles. The van der Waals surface area contributed by atoms with Crippen LogP contribution < -0.4 is 10.1 Å². The second-order valence-electron chi connectivity index (χ2n) is 8.02. The Hall–Kier alpha value is -3.59. The number of nitriles is 1. The van der Waals surface area contributed by atoms with E-state index in [4.69, 9.17) is 16.3 Å². The van der Waals surface area contributed by atoms with Crippen molar-refractivity contribution in [1.29, 1.82) is 5.26 Å². The van der Waals surface area contributed by atoms with Gasteiger partial charge in [-0.25, -0.2) is 0 Å². The zero-order valence-electron chi connectivity index (χ0n) is 19.0. The standard InChI is InChI=1S/C29H22BrClN2O2/c1-19(21-8-3-2-4-9-21)33-29(34)24(17-32)14-20-15-26(30)28(27(31)16-20)35-18-23-12-7-11-22-10-5-6-13-25(22)23/h2-16,19H,18H2,1H3,(H,33,34)/b24-14-/t19-/m0/s1. The van der Waals surface area contributed by atoms with Gasteiger partial charge < -0.3 is 10.1 Å². The van der Waals surface area contributed by atoms with Crippen LogP contribution in [0.3, 0.4) is 0 Å². The van der Waals surface area contributed by atoms with Gasteiger partial charge in [0.25, 0.3) is 5.91 Å². The van der Waals surface area contributed by atoms with Crippen molar-refractivity contribution in [2.24, 2.45) is 0 Å². The van der Waals surface area contributed by atoms with Gasteiger partial charge in [-0.2, -0.15) is 5.26 Å². The van der Waals surface area contributed by atoms with Gasteiger partial charge in [0.2, 0.25) is 0 Å². The van der Waals surface area contributed by atoms with Crippen molar-refractivity contribution >= 4 is 50.3 Å².